The zero-order chi connectivity index (χ0) is 17.3. The lowest BCUT2D eigenvalue weighted by atomic mass is 10.1. The molecule has 2 aromatic carbocycles. The monoisotopic (exact) mass is 361 g/mol. The van der Waals surface area contributed by atoms with Gasteiger partial charge >= 0.3 is 5.97 Å². The first kappa shape index (κ1) is 16.4. The molecule has 0 bridgehead atoms. The van der Waals surface area contributed by atoms with Gasteiger partial charge < -0.3 is 14.4 Å². The Morgan fingerprint density at radius 3 is 2.71 bits per heavy atom. The second-order valence-corrected chi connectivity index (χ2v) is 6.04. The van der Waals surface area contributed by atoms with E-state index in [9.17, 15) is 4.79 Å². The van der Waals surface area contributed by atoms with E-state index in [4.69, 9.17) is 33.0 Å². The van der Waals surface area contributed by atoms with Gasteiger partial charge in [-0.15, -0.1) is 0 Å². The maximum absolute atomic E-state index is 10.8. The predicted octanol–water partition coefficient (Wildman–Crippen LogP) is 5.38. The van der Waals surface area contributed by atoms with Crippen LogP contribution in [0.4, 0.5) is 0 Å². The number of aromatic nitrogens is 1. The van der Waals surface area contributed by atoms with Crippen molar-refractivity contribution in [2.75, 3.05) is 0 Å². The van der Waals surface area contributed by atoms with Crippen molar-refractivity contribution in [2.24, 2.45) is 7.05 Å². The fraction of sp³-hybridized carbons (Fsp3) is 0.0556. The maximum Gasteiger partial charge on any atom is 0.328 e. The van der Waals surface area contributed by atoms with Crippen molar-refractivity contribution in [1.82, 2.24) is 4.57 Å². The summed E-state index contributed by atoms with van der Waals surface area (Å²) >= 11 is 12.1. The van der Waals surface area contributed by atoms with Crippen molar-refractivity contribution < 1.29 is 14.6 Å². The number of nitrogens with zero attached hydrogens (tertiary/aromatic N) is 1. The summed E-state index contributed by atoms with van der Waals surface area (Å²) in [4.78, 5) is 10.8. The molecule has 3 aromatic rings. The number of aliphatic carboxylic acids is 1. The van der Waals surface area contributed by atoms with Crippen LogP contribution >= 0.6 is 23.2 Å². The van der Waals surface area contributed by atoms with Gasteiger partial charge in [-0.25, -0.2) is 4.79 Å². The first-order valence-electron chi connectivity index (χ1n) is 7.07. The number of benzene rings is 2. The first-order valence-corrected chi connectivity index (χ1v) is 7.83. The SMILES string of the molecule is Cn1cc(/C=C/C(=O)O)c2c(Oc3ccc(Cl)cc3Cl)cccc21. The van der Waals surface area contributed by atoms with E-state index in [1.807, 2.05) is 36.0 Å². The number of aryl methyl sites for hydroxylation is 1. The van der Waals surface area contributed by atoms with Crippen LogP contribution in [0.25, 0.3) is 17.0 Å². The molecule has 1 heterocycles. The quantitative estimate of drug-likeness (QED) is 0.635. The lowest BCUT2D eigenvalue weighted by molar-refractivity contribution is -0.131. The standard InChI is InChI=1S/C18H13Cl2NO3/c1-21-10-11(5-8-17(22)23)18-14(21)3-2-4-16(18)24-15-7-6-12(19)9-13(15)20/h2-10H,1H3,(H,22,23)/b8-5+. The first-order chi connectivity index (χ1) is 11.5. The molecule has 3 rings (SSSR count). The summed E-state index contributed by atoms with van der Waals surface area (Å²) in [5.41, 5.74) is 1.67. The number of fused-ring (bicyclic) bond motifs is 1. The van der Waals surface area contributed by atoms with Crippen molar-refractivity contribution in [3.05, 3.63) is 64.3 Å². The Balaban J connectivity index is 2.12. The van der Waals surface area contributed by atoms with Gasteiger partial charge in [0, 0.05) is 35.3 Å². The van der Waals surface area contributed by atoms with Crippen LogP contribution in [0.1, 0.15) is 5.56 Å². The zero-order valence-electron chi connectivity index (χ0n) is 12.7. The molecule has 0 radical (unpaired) electrons. The van der Waals surface area contributed by atoms with Crippen LogP contribution in [-0.4, -0.2) is 15.6 Å². The average Bonchev–Trinajstić information content (AvgIpc) is 2.85. The molecule has 4 nitrogen and oxygen atoms in total. The van der Waals surface area contributed by atoms with E-state index in [1.54, 1.807) is 24.3 Å². The number of carboxylic acids is 1. The highest BCUT2D eigenvalue weighted by molar-refractivity contribution is 6.35. The second kappa shape index (κ2) is 6.59. The molecule has 0 saturated heterocycles. The molecule has 0 spiro atoms. The summed E-state index contributed by atoms with van der Waals surface area (Å²) in [5.74, 6) is 0.0547. The molecule has 0 amide bonds. The number of hydrogen-bond acceptors (Lipinski definition) is 2. The third-order valence-electron chi connectivity index (χ3n) is 3.52. The average molecular weight is 362 g/mol. The summed E-state index contributed by atoms with van der Waals surface area (Å²) in [6.45, 7) is 0. The van der Waals surface area contributed by atoms with Crippen LogP contribution in [0.15, 0.2) is 48.7 Å². The van der Waals surface area contributed by atoms with E-state index in [2.05, 4.69) is 0 Å². The number of ether oxygens (including phenoxy) is 1. The van der Waals surface area contributed by atoms with Crippen molar-refractivity contribution >= 4 is 46.2 Å². The molecule has 122 valence electrons. The molecular formula is C18H13Cl2NO3. The van der Waals surface area contributed by atoms with Gasteiger partial charge in [-0.05, 0) is 36.4 Å². The van der Waals surface area contributed by atoms with E-state index < -0.39 is 5.97 Å². The summed E-state index contributed by atoms with van der Waals surface area (Å²) < 4.78 is 7.86. The Labute approximate surface area is 148 Å². The van der Waals surface area contributed by atoms with E-state index in [1.165, 1.54) is 0 Å². The minimum absolute atomic E-state index is 0.401. The van der Waals surface area contributed by atoms with Crippen LogP contribution in [0, 0.1) is 0 Å². The van der Waals surface area contributed by atoms with Crippen LogP contribution in [-0.2, 0) is 11.8 Å². The summed E-state index contributed by atoms with van der Waals surface area (Å²) in [6.07, 6.45) is 4.49. The van der Waals surface area contributed by atoms with Gasteiger partial charge in [0.2, 0.25) is 0 Å². The third kappa shape index (κ3) is 3.25. The van der Waals surface area contributed by atoms with Crippen molar-refractivity contribution in [3.8, 4) is 11.5 Å². The van der Waals surface area contributed by atoms with Crippen molar-refractivity contribution in [2.45, 2.75) is 0 Å². The molecule has 0 saturated carbocycles. The Kier molecular flexibility index (Phi) is 4.51. The molecule has 24 heavy (non-hydrogen) atoms. The molecular weight excluding hydrogens is 349 g/mol. The predicted molar refractivity (Wildman–Crippen MR) is 96.1 cm³/mol. The molecule has 0 aliphatic rings. The van der Waals surface area contributed by atoms with Crippen LogP contribution in [0.2, 0.25) is 10.0 Å². The van der Waals surface area contributed by atoms with Crippen molar-refractivity contribution in [3.63, 3.8) is 0 Å². The van der Waals surface area contributed by atoms with Gasteiger partial charge in [-0.3, -0.25) is 0 Å². The summed E-state index contributed by atoms with van der Waals surface area (Å²) in [6, 6.07) is 10.6. The topological polar surface area (TPSA) is 51.5 Å². The highest BCUT2D eigenvalue weighted by atomic mass is 35.5. The lowest BCUT2D eigenvalue weighted by Gasteiger charge is -2.10. The number of carboxylic acid groups (broad SMARTS) is 1. The van der Waals surface area contributed by atoms with Gasteiger partial charge in [-0.2, -0.15) is 0 Å². The Bertz CT molecular complexity index is 960. The molecule has 1 N–H and O–H groups in total. The van der Waals surface area contributed by atoms with Gasteiger partial charge in [0.15, 0.2) is 0 Å². The number of carbonyl (C=O) groups is 1. The fourth-order valence-electron chi connectivity index (χ4n) is 2.50. The van der Waals surface area contributed by atoms with Crippen LogP contribution in [0.3, 0.4) is 0 Å². The van der Waals surface area contributed by atoms with Gasteiger partial charge in [0.25, 0.3) is 0 Å². The molecule has 0 aliphatic carbocycles. The highest BCUT2D eigenvalue weighted by Crippen LogP contribution is 2.37. The molecule has 0 unspecified atom stereocenters. The van der Waals surface area contributed by atoms with Gasteiger partial charge in [-0.1, -0.05) is 29.3 Å². The van der Waals surface area contributed by atoms with E-state index >= 15 is 0 Å². The molecule has 6 heteroatoms. The molecule has 1 aromatic heterocycles. The Hall–Kier alpha value is -2.43. The van der Waals surface area contributed by atoms with Crippen molar-refractivity contribution in [1.29, 1.82) is 0 Å². The smallest absolute Gasteiger partial charge is 0.328 e. The number of halogens is 2. The van der Waals surface area contributed by atoms with Gasteiger partial charge in [0.1, 0.15) is 11.5 Å². The summed E-state index contributed by atoms with van der Waals surface area (Å²) in [7, 11) is 1.89. The lowest BCUT2D eigenvalue weighted by Crippen LogP contribution is -1.88. The van der Waals surface area contributed by atoms with Crippen LogP contribution in [0.5, 0.6) is 11.5 Å². The van der Waals surface area contributed by atoms with Gasteiger partial charge in [0.05, 0.1) is 10.5 Å². The Morgan fingerprint density at radius 1 is 1.21 bits per heavy atom. The van der Waals surface area contributed by atoms with E-state index in [-0.39, 0.29) is 0 Å². The third-order valence-corrected chi connectivity index (χ3v) is 4.06. The highest BCUT2D eigenvalue weighted by Gasteiger charge is 2.13. The second-order valence-electron chi connectivity index (χ2n) is 5.19. The molecule has 0 fully saturated rings. The minimum atomic E-state index is -1.01. The minimum Gasteiger partial charge on any atom is -0.478 e. The molecule has 0 atom stereocenters. The van der Waals surface area contributed by atoms with E-state index in [0.29, 0.717) is 21.5 Å². The summed E-state index contributed by atoms with van der Waals surface area (Å²) in [5, 5.41) is 10.6. The largest absolute Gasteiger partial charge is 0.478 e. The fourth-order valence-corrected chi connectivity index (χ4v) is 2.94. The number of rotatable bonds is 4. The Morgan fingerprint density at radius 2 is 2.00 bits per heavy atom. The van der Waals surface area contributed by atoms with Crippen LogP contribution < -0.4 is 4.74 Å². The normalized spacial score (nSPS) is 11.3. The molecule has 0 aliphatic heterocycles. The maximum atomic E-state index is 10.8. The number of hydrogen-bond donors (Lipinski definition) is 1. The van der Waals surface area contributed by atoms with E-state index in [0.717, 1.165) is 22.5 Å². The zero-order valence-corrected chi connectivity index (χ0v) is 14.2.